The lowest BCUT2D eigenvalue weighted by Crippen LogP contribution is -2.67. The Morgan fingerprint density at radius 2 is 2.10 bits per heavy atom. The Kier molecular flexibility index (Phi) is 4.68. The maximum atomic E-state index is 12.8. The molecule has 20 heavy (non-hydrogen) atoms. The van der Waals surface area contributed by atoms with Gasteiger partial charge in [-0.15, -0.1) is 0 Å². The number of nitrogens with one attached hydrogen (secondary N) is 1. The summed E-state index contributed by atoms with van der Waals surface area (Å²) < 4.78 is 5.57. The number of piperazine rings is 1. The maximum absolute atomic E-state index is 12.8. The molecule has 2 saturated heterocycles. The Bertz CT molecular complexity index is 383. The molecule has 0 aromatic heterocycles. The molecule has 0 saturated carbocycles. The zero-order valence-electron chi connectivity index (χ0n) is 12.9. The summed E-state index contributed by atoms with van der Waals surface area (Å²) in [6, 6.07) is -0.584. The highest BCUT2D eigenvalue weighted by molar-refractivity contribution is 5.97. The zero-order chi connectivity index (χ0) is 14.9. The van der Waals surface area contributed by atoms with Gasteiger partial charge in [-0.05, 0) is 32.1 Å². The monoisotopic (exact) mass is 282 g/mol. The van der Waals surface area contributed by atoms with Gasteiger partial charge in [-0.3, -0.25) is 9.59 Å². The zero-order valence-corrected chi connectivity index (χ0v) is 12.9. The molecule has 2 aliphatic heterocycles. The van der Waals surface area contributed by atoms with Crippen LogP contribution in [0, 0.1) is 5.92 Å². The number of ether oxygens (including phenoxy) is 1. The lowest BCUT2D eigenvalue weighted by molar-refractivity contribution is -0.157. The highest BCUT2D eigenvalue weighted by atomic mass is 16.5. The fourth-order valence-electron chi connectivity index (χ4n) is 3.25. The van der Waals surface area contributed by atoms with Crippen molar-refractivity contribution in [3.05, 3.63) is 0 Å². The predicted molar refractivity (Wildman–Crippen MR) is 76.1 cm³/mol. The van der Waals surface area contributed by atoms with Crippen LogP contribution in [0.15, 0.2) is 0 Å². The first-order chi connectivity index (χ1) is 9.45. The van der Waals surface area contributed by atoms with Crippen LogP contribution in [0.4, 0.5) is 0 Å². The molecule has 2 rings (SSSR count). The Morgan fingerprint density at radius 1 is 1.40 bits per heavy atom. The average Bonchev–Trinajstić information content (AvgIpc) is 2.40. The van der Waals surface area contributed by atoms with Gasteiger partial charge in [-0.25, -0.2) is 0 Å². The van der Waals surface area contributed by atoms with Crippen LogP contribution in [-0.2, 0) is 14.3 Å². The summed E-state index contributed by atoms with van der Waals surface area (Å²) in [7, 11) is 0. The summed E-state index contributed by atoms with van der Waals surface area (Å²) >= 11 is 0. The molecular weight excluding hydrogens is 256 g/mol. The highest BCUT2D eigenvalue weighted by Crippen LogP contribution is 2.26. The summed E-state index contributed by atoms with van der Waals surface area (Å²) in [4.78, 5) is 26.9. The molecule has 2 aliphatic rings. The summed E-state index contributed by atoms with van der Waals surface area (Å²) in [5, 5.41) is 2.89. The molecule has 1 N–H and O–H groups in total. The molecule has 0 aromatic rings. The van der Waals surface area contributed by atoms with Gasteiger partial charge in [-0.2, -0.15) is 0 Å². The van der Waals surface area contributed by atoms with Gasteiger partial charge in [0.2, 0.25) is 11.8 Å². The van der Waals surface area contributed by atoms with E-state index in [9.17, 15) is 9.59 Å². The third-order valence-corrected chi connectivity index (χ3v) is 4.36. The molecule has 0 aromatic carbocycles. The third-order valence-electron chi connectivity index (χ3n) is 4.36. The van der Waals surface area contributed by atoms with Gasteiger partial charge in [0.25, 0.3) is 0 Å². The Labute approximate surface area is 121 Å². The second-order valence-electron chi connectivity index (χ2n) is 6.26. The van der Waals surface area contributed by atoms with Crippen molar-refractivity contribution in [3.63, 3.8) is 0 Å². The van der Waals surface area contributed by atoms with E-state index in [0.29, 0.717) is 13.0 Å². The number of hydrogen-bond donors (Lipinski definition) is 1. The van der Waals surface area contributed by atoms with Crippen molar-refractivity contribution in [2.75, 3.05) is 6.61 Å². The normalized spacial score (nSPS) is 35.4. The largest absolute Gasteiger partial charge is 0.378 e. The van der Waals surface area contributed by atoms with Crippen molar-refractivity contribution >= 4 is 11.8 Å². The minimum atomic E-state index is -0.386. The lowest BCUT2D eigenvalue weighted by atomic mass is 9.92. The van der Waals surface area contributed by atoms with Crippen LogP contribution in [0.25, 0.3) is 0 Å². The summed E-state index contributed by atoms with van der Waals surface area (Å²) in [5.41, 5.74) is 0. The topological polar surface area (TPSA) is 58.6 Å². The fraction of sp³-hybridized carbons (Fsp3) is 0.867. The molecule has 2 fully saturated rings. The van der Waals surface area contributed by atoms with E-state index in [1.54, 1.807) is 0 Å². The minimum absolute atomic E-state index is 0.00931. The van der Waals surface area contributed by atoms with Gasteiger partial charge in [0.1, 0.15) is 12.1 Å². The SMILES string of the molecule is CCC1C(=O)NC(C(C)C)C(=O)N1C1CCOC(C)C1. The molecular formula is C15H26N2O3. The molecule has 114 valence electrons. The predicted octanol–water partition coefficient (Wildman–Crippen LogP) is 1.32. The highest BCUT2D eigenvalue weighted by Gasteiger charge is 2.44. The van der Waals surface area contributed by atoms with Crippen molar-refractivity contribution < 1.29 is 14.3 Å². The molecule has 0 aliphatic carbocycles. The van der Waals surface area contributed by atoms with E-state index in [-0.39, 0.29) is 42.0 Å². The van der Waals surface area contributed by atoms with Crippen molar-refractivity contribution in [1.82, 2.24) is 10.2 Å². The van der Waals surface area contributed by atoms with Crippen LogP contribution in [0.2, 0.25) is 0 Å². The number of carbonyl (C=O) groups excluding carboxylic acids is 2. The maximum Gasteiger partial charge on any atom is 0.246 e. The molecule has 4 atom stereocenters. The Hall–Kier alpha value is -1.10. The standard InChI is InChI=1S/C15H26N2O3/c1-5-12-14(18)16-13(9(2)3)15(19)17(12)11-6-7-20-10(4)8-11/h9-13H,5-8H2,1-4H3,(H,16,18). The van der Waals surface area contributed by atoms with Crippen LogP contribution in [0.1, 0.15) is 47.0 Å². The van der Waals surface area contributed by atoms with E-state index < -0.39 is 0 Å². The molecule has 2 heterocycles. The Balaban J connectivity index is 2.24. The van der Waals surface area contributed by atoms with E-state index in [1.807, 2.05) is 32.6 Å². The quantitative estimate of drug-likeness (QED) is 0.849. The first kappa shape index (κ1) is 15.3. The number of nitrogens with zero attached hydrogens (tertiary/aromatic N) is 1. The van der Waals surface area contributed by atoms with E-state index in [2.05, 4.69) is 5.32 Å². The number of carbonyl (C=O) groups is 2. The van der Waals surface area contributed by atoms with Crippen LogP contribution < -0.4 is 5.32 Å². The van der Waals surface area contributed by atoms with Gasteiger partial charge in [0.15, 0.2) is 0 Å². The van der Waals surface area contributed by atoms with E-state index in [0.717, 1.165) is 12.8 Å². The molecule has 5 heteroatoms. The first-order valence-corrected chi connectivity index (χ1v) is 7.69. The van der Waals surface area contributed by atoms with Crippen molar-refractivity contribution in [1.29, 1.82) is 0 Å². The second-order valence-corrected chi connectivity index (χ2v) is 6.26. The molecule has 0 radical (unpaired) electrons. The van der Waals surface area contributed by atoms with Crippen LogP contribution in [0.3, 0.4) is 0 Å². The third kappa shape index (κ3) is 2.82. The summed E-state index contributed by atoms with van der Waals surface area (Å²) in [5.74, 6) is 0.180. The summed E-state index contributed by atoms with van der Waals surface area (Å²) in [6.07, 6.45) is 2.46. The molecule has 0 spiro atoms. The van der Waals surface area contributed by atoms with E-state index in [4.69, 9.17) is 4.74 Å². The van der Waals surface area contributed by atoms with Crippen LogP contribution >= 0.6 is 0 Å². The number of hydrogen-bond acceptors (Lipinski definition) is 3. The van der Waals surface area contributed by atoms with Gasteiger partial charge in [0, 0.05) is 12.6 Å². The smallest absolute Gasteiger partial charge is 0.246 e. The van der Waals surface area contributed by atoms with Crippen LogP contribution in [0.5, 0.6) is 0 Å². The lowest BCUT2D eigenvalue weighted by Gasteiger charge is -2.46. The van der Waals surface area contributed by atoms with Gasteiger partial charge < -0.3 is 15.0 Å². The molecule has 5 nitrogen and oxygen atoms in total. The fourth-order valence-corrected chi connectivity index (χ4v) is 3.25. The Morgan fingerprint density at radius 3 is 2.65 bits per heavy atom. The van der Waals surface area contributed by atoms with E-state index in [1.165, 1.54) is 0 Å². The first-order valence-electron chi connectivity index (χ1n) is 7.69. The average molecular weight is 282 g/mol. The van der Waals surface area contributed by atoms with Crippen molar-refractivity contribution in [2.45, 2.75) is 71.2 Å². The van der Waals surface area contributed by atoms with E-state index >= 15 is 0 Å². The van der Waals surface area contributed by atoms with Gasteiger partial charge >= 0.3 is 0 Å². The second kappa shape index (κ2) is 6.12. The van der Waals surface area contributed by atoms with Crippen molar-refractivity contribution in [3.8, 4) is 0 Å². The van der Waals surface area contributed by atoms with Crippen LogP contribution in [-0.4, -0.2) is 47.6 Å². The molecule has 4 unspecified atom stereocenters. The minimum Gasteiger partial charge on any atom is -0.378 e. The number of amides is 2. The molecule has 2 amide bonds. The van der Waals surface area contributed by atoms with Crippen molar-refractivity contribution in [2.24, 2.45) is 5.92 Å². The van der Waals surface area contributed by atoms with Gasteiger partial charge in [0.05, 0.1) is 6.10 Å². The summed E-state index contributed by atoms with van der Waals surface area (Å²) in [6.45, 7) is 8.60. The molecule has 0 bridgehead atoms. The van der Waals surface area contributed by atoms with Gasteiger partial charge in [-0.1, -0.05) is 20.8 Å². The number of rotatable bonds is 3.